The van der Waals surface area contributed by atoms with Crippen molar-refractivity contribution in [3.63, 3.8) is 0 Å². The van der Waals surface area contributed by atoms with Gasteiger partial charge in [-0.3, -0.25) is 4.57 Å². The van der Waals surface area contributed by atoms with Crippen molar-refractivity contribution in [3.05, 3.63) is 41.1 Å². The van der Waals surface area contributed by atoms with E-state index in [1.807, 2.05) is 22.9 Å². The Balaban J connectivity index is 2.29. The molecule has 5 heteroatoms. The summed E-state index contributed by atoms with van der Waals surface area (Å²) >= 11 is 6.23. The highest BCUT2D eigenvalue weighted by Gasteiger charge is 2.12. The highest BCUT2D eigenvalue weighted by Crippen LogP contribution is 2.18. The molecule has 0 aliphatic rings. The third-order valence-electron chi connectivity index (χ3n) is 2.97. The van der Waals surface area contributed by atoms with Gasteiger partial charge in [-0.2, -0.15) is 0 Å². The molecule has 0 saturated carbocycles. The van der Waals surface area contributed by atoms with E-state index in [2.05, 4.69) is 43.0 Å². The molecule has 1 N–H and O–H groups in total. The van der Waals surface area contributed by atoms with Gasteiger partial charge in [0.2, 0.25) is 0 Å². The Morgan fingerprint density at radius 2 is 2.05 bits per heavy atom. The molecule has 0 spiro atoms. The fraction of sp³-hybridized carbons (Fsp3) is 0.467. The predicted molar refractivity (Wildman–Crippen MR) is 82.3 cm³/mol. The van der Waals surface area contributed by atoms with Crippen LogP contribution in [0.3, 0.4) is 0 Å². The highest BCUT2D eigenvalue weighted by atomic mass is 35.5. The number of nitrogens with zero attached hydrogens (tertiary/aromatic N) is 3. The minimum Gasteiger partial charge on any atom is -0.306 e. The fourth-order valence-electron chi connectivity index (χ4n) is 1.88. The monoisotopic (exact) mass is 292 g/mol. The molecular formula is C15H21ClN4. The van der Waals surface area contributed by atoms with Crippen LogP contribution in [0.25, 0.3) is 5.82 Å². The van der Waals surface area contributed by atoms with Crippen molar-refractivity contribution in [2.75, 3.05) is 0 Å². The zero-order valence-corrected chi connectivity index (χ0v) is 13.2. The van der Waals surface area contributed by atoms with E-state index >= 15 is 0 Å². The molecule has 0 bridgehead atoms. The molecule has 0 saturated heterocycles. The first kappa shape index (κ1) is 15.0. The molecule has 2 heterocycles. The molecule has 4 nitrogen and oxygen atoms in total. The number of pyridine rings is 1. The molecular weight excluding hydrogens is 272 g/mol. The Labute approximate surface area is 125 Å². The molecule has 0 aliphatic heterocycles. The lowest BCUT2D eigenvalue weighted by atomic mass is 10.1. The number of aryl methyl sites for hydroxylation is 1. The van der Waals surface area contributed by atoms with Crippen LogP contribution in [0.15, 0.2) is 24.5 Å². The first-order valence-corrected chi connectivity index (χ1v) is 7.21. The van der Waals surface area contributed by atoms with E-state index in [0.717, 1.165) is 23.8 Å². The Kier molecular flexibility index (Phi) is 4.45. The smallest absolute Gasteiger partial charge is 0.138 e. The van der Waals surface area contributed by atoms with Crippen molar-refractivity contribution >= 4 is 11.6 Å². The largest absolute Gasteiger partial charge is 0.306 e. The number of nitrogens with one attached hydrogen (secondary N) is 1. The van der Waals surface area contributed by atoms with Gasteiger partial charge < -0.3 is 5.32 Å². The van der Waals surface area contributed by atoms with Gasteiger partial charge in [-0.1, -0.05) is 18.5 Å². The van der Waals surface area contributed by atoms with Gasteiger partial charge in [0, 0.05) is 30.9 Å². The lowest BCUT2D eigenvalue weighted by Gasteiger charge is -2.20. The summed E-state index contributed by atoms with van der Waals surface area (Å²) in [5.41, 5.74) is 0.889. The number of aromatic nitrogens is 3. The number of rotatable bonds is 4. The van der Waals surface area contributed by atoms with Crippen LogP contribution < -0.4 is 5.32 Å². The van der Waals surface area contributed by atoms with Crippen LogP contribution in [0.2, 0.25) is 5.02 Å². The lowest BCUT2D eigenvalue weighted by molar-refractivity contribution is 0.421. The van der Waals surface area contributed by atoms with E-state index in [-0.39, 0.29) is 5.54 Å². The summed E-state index contributed by atoms with van der Waals surface area (Å²) in [7, 11) is 0. The molecule has 2 rings (SSSR count). The van der Waals surface area contributed by atoms with E-state index in [0.29, 0.717) is 11.6 Å². The first-order chi connectivity index (χ1) is 9.40. The van der Waals surface area contributed by atoms with Crippen molar-refractivity contribution in [3.8, 4) is 5.82 Å². The summed E-state index contributed by atoms with van der Waals surface area (Å²) in [5.74, 6) is 1.85. The van der Waals surface area contributed by atoms with Gasteiger partial charge in [-0.15, -0.1) is 0 Å². The SMILES string of the molecule is CCc1nccn1-c1ccc(Cl)c(CNC(C)(C)C)n1. The number of hydrogen-bond acceptors (Lipinski definition) is 3. The molecule has 0 atom stereocenters. The van der Waals surface area contributed by atoms with Crippen LogP contribution in [-0.2, 0) is 13.0 Å². The lowest BCUT2D eigenvalue weighted by Crippen LogP contribution is -2.35. The molecule has 0 radical (unpaired) electrons. The number of imidazole rings is 1. The van der Waals surface area contributed by atoms with E-state index in [1.54, 1.807) is 6.20 Å². The molecule has 0 amide bonds. The van der Waals surface area contributed by atoms with E-state index in [4.69, 9.17) is 11.6 Å². The van der Waals surface area contributed by atoms with Gasteiger partial charge in [-0.25, -0.2) is 9.97 Å². The second-order valence-electron chi connectivity index (χ2n) is 5.77. The molecule has 0 fully saturated rings. The summed E-state index contributed by atoms with van der Waals surface area (Å²) in [6, 6.07) is 3.81. The summed E-state index contributed by atoms with van der Waals surface area (Å²) in [6.45, 7) is 9.09. The Morgan fingerprint density at radius 3 is 2.70 bits per heavy atom. The summed E-state index contributed by atoms with van der Waals surface area (Å²) in [6.07, 6.45) is 4.59. The van der Waals surface area contributed by atoms with Crippen molar-refractivity contribution in [2.24, 2.45) is 0 Å². The molecule has 0 aromatic carbocycles. The second kappa shape index (κ2) is 5.94. The second-order valence-corrected chi connectivity index (χ2v) is 6.18. The van der Waals surface area contributed by atoms with Gasteiger partial charge in [0.15, 0.2) is 0 Å². The van der Waals surface area contributed by atoms with Gasteiger partial charge in [-0.05, 0) is 32.9 Å². The molecule has 2 aromatic heterocycles. The zero-order chi connectivity index (χ0) is 14.8. The maximum atomic E-state index is 6.23. The van der Waals surface area contributed by atoms with Crippen LogP contribution in [0.1, 0.15) is 39.2 Å². The van der Waals surface area contributed by atoms with Crippen LogP contribution in [0, 0.1) is 0 Å². The number of hydrogen-bond donors (Lipinski definition) is 1. The van der Waals surface area contributed by atoms with Crippen LogP contribution in [-0.4, -0.2) is 20.1 Å². The van der Waals surface area contributed by atoms with Crippen molar-refractivity contribution in [2.45, 2.75) is 46.2 Å². The van der Waals surface area contributed by atoms with Crippen LogP contribution >= 0.6 is 11.6 Å². The molecule has 0 aliphatic carbocycles. The normalized spacial score (nSPS) is 11.8. The van der Waals surface area contributed by atoms with Crippen molar-refractivity contribution in [1.82, 2.24) is 19.9 Å². The van der Waals surface area contributed by atoms with Crippen LogP contribution in [0.4, 0.5) is 0 Å². The predicted octanol–water partition coefficient (Wildman–Crippen LogP) is 3.37. The minimum absolute atomic E-state index is 0.0323. The zero-order valence-electron chi connectivity index (χ0n) is 12.4. The quantitative estimate of drug-likeness (QED) is 0.939. The van der Waals surface area contributed by atoms with E-state index < -0.39 is 0 Å². The molecule has 20 heavy (non-hydrogen) atoms. The van der Waals surface area contributed by atoms with E-state index in [1.165, 1.54) is 0 Å². The van der Waals surface area contributed by atoms with Gasteiger partial charge in [0.05, 0.1) is 10.7 Å². The van der Waals surface area contributed by atoms with Crippen LogP contribution in [0.5, 0.6) is 0 Å². The Bertz CT molecular complexity index is 584. The first-order valence-electron chi connectivity index (χ1n) is 6.84. The third-order valence-corrected chi connectivity index (χ3v) is 3.31. The summed E-state index contributed by atoms with van der Waals surface area (Å²) < 4.78 is 2.00. The minimum atomic E-state index is 0.0323. The van der Waals surface area contributed by atoms with Crippen molar-refractivity contribution in [1.29, 1.82) is 0 Å². The topological polar surface area (TPSA) is 42.7 Å². The van der Waals surface area contributed by atoms with Gasteiger partial charge in [0.25, 0.3) is 0 Å². The third kappa shape index (κ3) is 3.58. The number of halogens is 1. The van der Waals surface area contributed by atoms with E-state index in [9.17, 15) is 0 Å². The molecule has 108 valence electrons. The molecule has 2 aromatic rings. The molecule has 0 unspecified atom stereocenters. The maximum Gasteiger partial charge on any atom is 0.138 e. The Hall–Kier alpha value is -1.39. The van der Waals surface area contributed by atoms with Gasteiger partial charge >= 0.3 is 0 Å². The standard InChI is InChI=1S/C15H21ClN4/c1-5-13-17-8-9-20(13)14-7-6-11(16)12(19-14)10-18-15(2,3)4/h6-9,18H,5,10H2,1-4H3. The summed E-state index contributed by atoms with van der Waals surface area (Å²) in [5, 5.41) is 4.09. The van der Waals surface area contributed by atoms with Crippen molar-refractivity contribution < 1.29 is 0 Å². The average Bonchev–Trinajstić information content (AvgIpc) is 2.85. The maximum absolute atomic E-state index is 6.23. The fourth-order valence-corrected chi connectivity index (χ4v) is 2.06. The average molecular weight is 293 g/mol. The highest BCUT2D eigenvalue weighted by molar-refractivity contribution is 6.31. The van der Waals surface area contributed by atoms with Gasteiger partial charge in [0.1, 0.15) is 11.6 Å². The Morgan fingerprint density at radius 1 is 1.30 bits per heavy atom. The summed E-state index contributed by atoms with van der Waals surface area (Å²) in [4.78, 5) is 8.98.